The molecule has 0 bridgehead atoms. The predicted molar refractivity (Wildman–Crippen MR) is 203 cm³/mol. The second kappa shape index (κ2) is 22.6. The second-order valence-electron chi connectivity index (χ2n) is 14.5. The molecule has 2 rings (SSSR count). The molecule has 19 heteroatoms. The zero-order valence-electron chi connectivity index (χ0n) is 32.2. The molecule has 12 N–H and O–H groups in total. The molecule has 0 spiro atoms. The Hall–Kier alpha value is -4.75. The van der Waals surface area contributed by atoms with E-state index in [9.17, 15) is 48.6 Å². The summed E-state index contributed by atoms with van der Waals surface area (Å²) in [5, 5.41) is 37.2. The normalized spacial score (nSPS) is 23.3. The van der Waals surface area contributed by atoms with Crippen molar-refractivity contribution in [3.05, 3.63) is 35.9 Å². The van der Waals surface area contributed by atoms with Crippen molar-refractivity contribution in [3.63, 3.8) is 0 Å². The lowest BCUT2D eigenvalue weighted by atomic mass is 10.0. The number of hydrogen-bond acceptors (Lipinski definition) is 10. The molecule has 7 amide bonds. The van der Waals surface area contributed by atoms with Gasteiger partial charge in [0.05, 0.1) is 6.61 Å². The number of carbonyl (C=O) groups excluding carboxylic acids is 7. The third-order valence-electron chi connectivity index (χ3n) is 8.51. The van der Waals surface area contributed by atoms with Gasteiger partial charge in [-0.2, -0.15) is 11.8 Å². The third-order valence-corrected chi connectivity index (χ3v) is 9.65. The van der Waals surface area contributed by atoms with Crippen molar-refractivity contribution < 1.29 is 54.3 Å². The molecule has 18 nitrogen and oxygen atoms in total. The average Bonchev–Trinajstić information content (AvgIpc) is 3.11. The molecule has 1 aliphatic rings. The Labute approximate surface area is 325 Å². The molecule has 0 saturated carbocycles. The lowest BCUT2D eigenvalue weighted by molar-refractivity contribution is -0.403. The maximum atomic E-state index is 13.8. The quantitative estimate of drug-likeness (QED) is 0.0918. The summed E-state index contributed by atoms with van der Waals surface area (Å²) in [6.45, 7) is 9.08. The number of carboxylic acids is 1. The van der Waals surface area contributed by atoms with Gasteiger partial charge in [-0.3, -0.25) is 38.4 Å². The minimum Gasteiger partial charge on any atom is -0.480 e. The van der Waals surface area contributed by atoms with Crippen LogP contribution in [0.1, 0.15) is 59.9 Å². The van der Waals surface area contributed by atoms with Gasteiger partial charge >= 0.3 is 5.97 Å². The van der Waals surface area contributed by atoms with Gasteiger partial charge in [-0.15, -0.1) is 0 Å². The van der Waals surface area contributed by atoms with Crippen LogP contribution in [0.5, 0.6) is 0 Å². The summed E-state index contributed by atoms with van der Waals surface area (Å²) >= 11 is 0.942. The molecule has 0 radical (unpaired) electrons. The molecular formula is C36H57N8O10S+. The largest absolute Gasteiger partial charge is 0.480 e. The second-order valence-corrected chi connectivity index (χ2v) is 15.5. The molecular weight excluding hydrogens is 737 g/mol. The minimum atomic E-state index is -1.49. The molecule has 1 aromatic carbocycles. The number of amides is 7. The Bertz CT molecular complexity index is 1510. The van der Waals surface area contributed by atoms with E-state index in [1.54, 1.807) is 12.1 Å². The number of nitrogens with one attached hydrogen (secondary N) is 7. The van der Waals surface area contributed by atoms with Gasteiger partial charge in [-0.05, 0) is 44.1 Å². The summed E-state index contributed by atoms with van der Waals surface area (Å²) < 4.78 is 0. The Morgan fingerprint density at radius 2 is 1.36 bits per heavy atom. The number of aliphatic carboxylic acids is 1. The van der Waals surface area contributed by atoms with Crippen LogP contribution in [0.15, 0.2) is 30.3 Å². The number of benzene rings is 1. The highest BCUT2D eigenvalue weighted by molar-refractivity contribution is 7.99. The highest BCUT2D eigenvalue weighted by Gasteiger charge is 2.35. The fraction of sp³-hybridized carbons (Fsp3) is 0.611. The molecule has 0 unspecified atom stereocenters. The molecule has 0 aliphatic carbocycles. The summed E-state index contributed by atoms with van der Waals surface area (Å²) in [5.41, 5.74) is 4.69. The van der Waals surface area contributed by atoms with Crippen LogP contribution in [0.3, 0.4) is 0 Å². The maximum absolute atomic E-state index is 13.8. The predicted octanol–water partition coefficient (Wildman–Crippen LogP) is -2.81. The number of aliphatic hydroxyl groups excluding tert-OH is 1. The highest BCUT2D eigenvalue weighted by atomic mass is 32.2. The van der Waals surface area contributed by atoms with E-state index in [-0.39, 0.29) is 42.6 Å². The monoisotopic (exact) mass is 793 g/mol. The van der Waals surface area contributed by atoms with Gasteiger partial charge in [0.1, 0.15) is 42.3 Å². The van der Waals surface area contributed by atoms with Crippen LogP contribution in [0, 0.1) is 11.8 Å². The fourth-order valence-electron chi connectivity index (χ4n) is 5.42. The Morgan fingerprint density at radius 1 is 0.800 bits per heavy atom. The van der Waals surface area contributed by atoms with Crippen LogP contribution in [0.4, 0.5) is 0 Å². The zero-order chi connectivity index (χ0) is 41.4. The van der Waals surface area contributed by atoms with Crippen LogP contribution in [-0.4, -0.2) is 124 Å². The first kappa shape index (κ1) is 46.4. The van der Waals surface area contributed by atoms with Crippen molar-refractivity contribution in [1.82, 2.24) is 37.2 Å². The van der Waals surface area contributed by atoms with Crippen molar-refractivity contribution in [2.75, 3.05) is 18.1 Å². The summed E-state index contributed by atoms with van der Waals surface area (Å²) in [4.78, 5) is 105. The number of quaternary nitrogens is 1. The van der Waals surface area contributed by atoms with Crippen molar-refractivity contribution in [2.45, 2.75) is 109 Å². The fourth-order valence-corrected chi connectivity index (χ4v) is 6.50. The first-order valence-corrected chi connectivity index (χ1v) is 19.4. The molecule has 0 aromatic heterocycles. The summed E-state index contributed by atoms with van der Waals surface area (Å²) in [6, 6.07) is -0.814. The van der Waals surface area contributed by atoms with E-state index in [1.165, 1.54) is 13.8 Å². The first-order valence-electron chi connectivity index (χ1n) is 18.2. The molecule has 1 aromatic rings. The third kappa shape index (κ3) is 15.9. The number of hydrogen-bond donors (Lipinski definition) is 10. The summed E-state index contributed by atoms with van der Waals surface area (Å²) in [6.07, 6.45) is 0.557. The van der Waals surface area contributed by atoms with Crippen molar-refractivity contribution in [1.29, 1.82) is 0 Å². The minimum absolute atomic E-state index is 0.0916. The molecule has 1 fully saturated rings. The van der Waals surface area contributed by atoms with Gasteiger partial charge in [0.15, 0.2) is 6.04 Å². The van der Waals surface area contributed by atoms with Crippen LogP contribution in [0.25, 0.3) is 0 Å². The van der Waals surface area contributed by atoms with Gasteiger partial charge < -0.3 is 53.2 Å². The maximum Gasteiger partial charge on any atom is 0.325 e. The lowest BCUT2D eigenvalue weighted by Crippen LogP contribution is -2.70. The Balaban J connectivity index is 2.45. The number of rotatable bonds is 14. The standard InChI is InChI=1S/C36H56N8O10S/c1-18(2)12-24-31(48)38-20(5)29(46)40-25(13-19(3)4)32(49)43-27(34(51)39-21(6)36(53)54)16-55-17-28(35(52)41-24)44-33(50)26(15-45)42-30(47)23(37)14-22-10-8-7-9-11-22/h7-11,18-21,23-28,45H,12-17,37H2,1-6H3,(H,38,48)(H,39,51)(H,40,46)(H,41,52)(H,42,47)(H,43,49)(H,44,50)(H,53,54)/p+1/t20-,21-,23-,24-,25-,26-,27-,28+/m0/s1. The van der Waals surface area contributed by atoms with Crippen LogP contribution in [0.2, 0.25) is 0 Å². The van der Waals surface area contributed by atoms with Crippen molar-refractivity contribution in [2.24, 2.45) is 11.8 Å². The Morgan fingerprint density at radius 3 is 1.91 bits per heavy atom. The highest BCUT2D eigenvalue weighted by Crippen LogP contribution is 2.13. The molecule has 1 saturated heterocycles. The molecule has 306 valence electrons. The van der Waals surface area contributed by atoms with Crippen LogP contribution < -0.4 is 43.0 Å². The van der Waals surface area contributed by atoms with Crippen molar-refractivity contribution >= 4 is 59.1 Å². The topological polar surface area (TPSA) is 289 Å². The first-order chi connectivity index (χ1) is 25.8. The van der Waals surface area contributed by atoms with E-state index in [2.05, 4.69) is 43.0 Å². The van der Waals surface area contributed by atoms with E-state index in [1.807, 2.05) is 45.9 Å². The van der Waals surface area contributed by atoms with E-state index >= 15 is 0 Å². The van der Waals surface area contributed by atoms with E-state index in [0.29, 0.717) is 0 Å². The van der Waals surface area contributed by atoms with Crippen molar-refractivity contribution in [3.8, 4) is 0 Å². The van der Waals surface area contributed by atoms with E-state index in [0.717, 1.165) is 17.3 Å². The lowest BCUT2D eigenvalue weighted by Gasteiger charge is -2.29. The van der Waals surface area contributed by atoms with Gasteiger partial charge in [-0.1, -0.05) is 58.0 Å². The molecule has 55 heavy (non-hydrogen) atoms. The van der Waals surface area contributed by atoms with Gasteiger partial charge in [0.25, 0.3) is 5.91 Å². The van der Waals surface area contributed by atoms with Gasteiger partial charge in [-0.25, -0.2) is 0 Å². The van der Waals surface area contributed by atoms with Gasteiger partial charge in [0, 0.05) is 17.9 Å². The molecule has 1 aliphatic heterocycles. The molecule has 1 heterocycles. The summed E-state index contributed by atoms with van der Waals surface area (Å²) in [7, 11) is 0. The molecule has 8 atom stereocenters. The smallest absolute Gasteiger partial charge is 0.325 e. The van der Waals surface area contributed by atoms with Gasteiger partial charge in [0.2, 0.25) is 35.4 Å². The average molecular weight is 794 g/mol. The number of carboxylic acid groups (broad SMARTS) is 1. The SMILES string of the molecule is CC(C)C[C@@H]1NC(=O)[C@H](C)NC(=O)[C@H](CC(C)C)NC(=O)[C@H](NC(=O)[C@H](CO)NC(=O)[C@@H]([NH3+])Cc2ccccc2)CSC[C@@H](C(=O)N[C@@H](C)C(=O)O)NC1=O. The number of carbonyl (C=O) groups is 8. The van der Waals surface area contributed by atoms with Crippen LogP contribution >= 0.6 is 11.8 Å². The summed E-state index contributed by atoms with van der Waals surface area (Å²) in [5.74, 6) is -7.35. The zero-order valence-corrected chi connectivity index (χ0v) is 33.0. The van der Waals surface area contributed by atoms with E-state index in [4.69, 9.17) is 0 Å². The van der Waals surface area contributed by atoms with E-state index < -0.39 is 102 Å². The number of thioether (sulfide) groups is 1. The number of aliphatic hydroxyl groups is 1. The Kier molecular flexibility index (Phi) is 19.1. The van der Waals surface area contributed by atoms with Crippen LogP contribution in [-0.2, 0) is 44.8 Å².